The zero-order valence-electron chi connectivity index (χ0n) is 23.4. The van der Waals surface area contributed by atoms with Crippen molar-refractivity contribution in [3.63, 3.8) is 0 Å². The minimum absolute atomic E-state index is 0. The van der Waals surface area contributed by atoms with Crippen molar-refractivity contribution in [3.05, 3.63) is 175 Å². The second kappa shape index (κ2) is 15.8. The molecule has 0 saturated carbocycles. The second-order valence-electron chi connectivity index (χ2n) is 9.57. The van der Waals surface area contributed by atoms with Gasteiger partial charge in [0, 0.05) is 25.1 Å². The molecule has 212 valence electrons. The van der Waals surface area contributed by atoms with Gasteiger partial charge in [-0.1, -0.05) is 128 Å². The van der Waals surface area contributed by atoms with Gasteiger partial charge in [-0.3, -0.25) is 4.67 Å². The first-order chi connectivity index (χ1) is 19.7. The van der Waals surface area contributed by atoms with Crippen molar-refractivity contribution >= 4 is 42.5 Å². The summed E-state index contributed by atoms with van der Waals surface area (Å²) in [5.41, 5.74) is 1.42. The first-order valence-corrected chi connectivity index (χ1v) is 16.3. The summed E-state index contributed by atoms with van der Waals surface area (Å²) in [5.74, 6) is 0. The van der Waals surface area contributed by atoms with Crippen molar-refractivity contribution in [2.75, 3.05) is 7.05 Å². The average Bonchev–Trinajstić information content (AvgIpc) is 3.76. The van der Waals surface area contributed by atoms with Crippen LogP contribution < -0.4 is 26.5 Å². The first-order valence-electron chi connectivity index (χ1n) is 13.7. The van der Waals surface area contributed by atoms with Gasteiger partial charge in [0.05, 0.1) is 0 Å². The molecule has 0 amide bonds. The van der Waals surface area contributed by atoms with E-state index in [9.17, 15) is 0 Å². The molecule has 1 nitrogen and oxygen atoms in total. The van der Waals surface area contributed by atoms with Crippen LogP contribution in [0.4, 0.5) is 0 Å². The van der Waals surface area contributed by atoms with E-state index in [-0.39, 0.29) is 23.1 Å². The Hall–Kier alpha value is -3.08. The zero-order chi connectivity index (χ0) is 27.6. The van der Waals surface area contributed by atoms with Crippen LogP contribution in [0.2, 0.25) is 0 Å². The molecule has 6 rings (SSSR count). The van der Waals surface area contributed by atoms with Gasteiger partial charge >= 0.3 is 0 Å². The van der Waals surface area contributed by atoms with Gasteiger partial charge in [0.15, 0.2) is 0 Å². The van der Waals surface area contributed by atoms with Crippen LogP contribution in [0.1, 0.15) is 18.5 Å². The molecule has 0 N–H and O–H groups in total. The summed E-state index contributed by atoms with van der Waals surface area (Å²) in [4.78, 5) is 0. The molecule has 6 aromatic carbocycles. The fraction of sp³-hybridized carbons (Fsp3) is 0.0811. The SMILES string of the molecule is C[C@@H]([c-]1cccc1P(c1ccccc1)c1ccccc1)N(C)P(c1ccccc1)c1ccccc1.[Fe].[cH-]1[cH-][cH-][cH-][cH-]1. The number of benzene rings is 4. The molecule has 0 unspecified atom stereocenters. The first kappa shape index (κ1) is 30.9. The number of nitrogens with zero attached hydrogens (tertiary/aromatic N) is 1. The smallest absolute Gasteiger partial charge is 0.0274 e. The normalized spacial score (nSPS) is 11.5. The molecule has 1 atom stereocenters. The van der Waals surface area contributed by atoms with Gasteiger partial charge in [0.2, 0.25) is 0 Å². The van der Waals surface area contributed by atoms with Crippen LogP contribution in [-0.4, -0.2) is 11.7 Å². The third-order valence-corrected chi connectivity index (χ3v) is 12.0. The van der Waals surface area contributed by atoms with E-state index in [0.717, 1.165) is 0 Å². The van der Waals surface area contributed by atoms with Crippen molar-refractivity contribution in [1.82, 2.24) is 4.67 Å². The molecule has 0 fully saturated rings. The van der Waals surface area contributed by atoms with Crippen molar-refractivity contribution in [2.24, 2.45) is 0 Å². The van der Waals surface area contributed by atoms with Gasteiger partial charge in [-0.15, -0.1) is 10.9 Å². The van der Waals surface area contributed by atoms with Gasteiger partial charge in [-0.25, -0.2) is 12.1 Å². The van der Waals surface area contributed by atoms with Gasteiger partial charge in [0.25, 0.3) is 0 Å². The van der Waals surface area contributed by atoms with E-state index >= 15 is 0 Å². The van der Waals surface area contributed by atoms with E-state index in [1.54, 1.807) is 0 Å². The van der Waals surface area contributed by atoms with Crippen molar-refractivity contribution in [1.29, 1.82) is 0 Å². The van der Waals surface area contributed by atoms with Gasteiger partial charge in [0.1, 0.15) is 0 Å². The van der Waals surface area contributed by atoms with E-state index in [1.165, 1.54) is 32.1 Å². The third-order valence-electron chi connectivity index (χ3n) is 6.98. The molecule has 0 aliphatic heterocycles. The van der Waals surface area contributed by atoms with E-state index in [1.807, 2.05) is 30.3 Å². The van der Waals surface area contributed by atoms with E-state index in [0.29, 0.717) is 0 Å². The van der Waals surface area contributed by atoms with Crippen LogP contribution in [-0.2, 0) is 17.1 Å². The molecule has 41 heavy (non-hydrogen) atoms. The van der Waals surface area contributed by atoms with Crippen LogP contribution >= 0.6 is 16.0 Å². The molecule has 0 bridgehead atoms. The molecule has 0 heterocycles. The molecular weight excluding hydrogens is 576 g/mol. The second-order valence-corrected chi connectivity index (χ2v) is 14.0. The van der Waals surface area contributed by atoms with E-state index in [4.69, 9.17) is 0 Å². The van der Waals surface area contributed by atoms with Crippen molar-refractivity contribution in [2.45, 2.75) is 13.0 Å². The van der Waals surface area contributed by atoms with Crippen LogP contribution in [0.15, 0.2) is 170 Å². The molecule has 0 aliphatic carbocycles. The Balaban J connectivity index is 0.000000584. The van der Waals surface area contributed by atoms with Gasteiger partial charge in [-0.05, 0) is 42.2 Å². The summed E-state index contributed by atoms with van der Waals surface area (Å²) in [5, 5.41) is 7.00. The monoisotopic (exact) mass is 611 g/mol. The number of hydrogen-bond donors (Lipinski definition) is 0. The Morgan fingerprint density at radius 1 is 0.537 bits per heavy atom. The quantitative estimate of drug-likeness (QED) is 0.0974. The fourth-order valence-electron chi connectivity index (χ4n) is 4.91. The Labute approximate surface area is 258 Å². The van der Waals surface area contributed by atoms with Crippen molar-refractivity contribution in [3.8, 4) is 0 Å². The van der Waals surface area contributed by atoms with Crippen LogP contribution in [0.5, 0.6) is 0 Å². The summed E-state index contributed by atoms with van der Waals surface area (Å²) in [7, 11) is 1.00. The predicted molar refractivity (Wildman–Crippen MR) is 178 cm³/mol. The third kappa shape index (κ3) is 7.81. The maximum atomic E-state index is 2.59. The van der Waals surface area contributed by atoms with E-state index in [2.05, 4.69) is 158 Å². The molecule has 4 heteroatoms. The molecule has 6 aromatic rings. The Bertz CT molecular complexity index is 1420. The molecule has 0 spiro atoms. The summed E-state index contributed by atoms with van der Waals surface area (Å²) in [6.45, 7) is 2.36. The van der Waals surface area contributed by atoms with Crippen LogP contribution in [0, 0.1) is 0 Å². The van der Waals surface area contributed by atoms with E-state index < -0.39 is 16.0 Å². The molecule has 0 aliphatic rings. The average molecular weight is 611 g/mol. The predicted octanol–water partition coefficient (Wildman–Crippen LogP) is 7.61. The molecule has 0 saturated heterocycles. The Kier molecular flexibility index (Phi) is 11.9. The summed E-state index contributed by atoms with van der Waals surface area (Å²) >= 11 is 0. The number of hydrogen-bond acceptors (Lipinski definition) is 1. The minimum atomic E-state index is -0.656. The minimum Gasteiger partial charge on any atom is -0.748 e. The molecule has 0 radical (unpaired) electrons. The number of rotatable bonds is 8. The summed E-state index contributed by atoms with van der Waals surface area (Å²) in [6, 6.07) is 61.1. The van der Waals surface area contributed by atoms with Gasteiger partial charge in [-0.2, -0.15) is 6.07 Å². The maximum Gasteiger partial charge on any atom is 0.0274 e. The van der Waals surface area contributed by atoms with Gasteiger partial charge < -0.3 is 30.3 Å². The standard InChI is InChI=1S/C32H30NP2.C5H5.Fe/c1-26(33(2)35(29-20-11-5-12-21-29)30-22-13-6-14-23-30)31-24-15-25-32(31)34(27-16-7-3-8-17-27)28-18-9-4-10-19-28;1-2-4-5-3-1;/h3-26H,1-2H3;1-5H;/q-1;-5;/t26-;;/m0../s1. The largest absolute Gasteiger partial charge is 0.748 e. The molecular formula is C37H35FeNP2-6. The van der Waals surface area contributed by atoms with Crippen LogP contribution in [0.25, 0.3) is 0 Å². The summed E-state index contributed by atoms with van der Waals surface area (Å²) in [6.07, 6.45) is 0. The topological polar surface area (TPSA) is 3.24 Å². The Morgan fingerprint density at radius 3 is 1.29 bits per heavy atom. The zero-order valence-corrected chi connectivity index (χ0v) is 26.3. The molecule has 0 aromatic heterocycles. The Morgan fingerprint density at radius 2 is 0.902 bits per heavy atom. The maximum absolute atomic E-state index is 2.59. The van der Waals surface area contributed by atoms with Crippen molar-refractivity contribution < 1.29 is 17.1 Å². The summed E-state index contributed by atoms with van der Waals surface area (Å²) < 4.78 is 2.59. The van der Waals surface area contributed by atoms with Crippen LogP contribution in [0.3, 0.4) is 0 Å². The fourth-order valence-corrected chi connectivity index (χ4v) is 9.87.